The average Bonchev–Trinajstić information content (AvgIpc) is 2.19. The van der Waals surface area contributed by atoms with Crippen LogP contribution in [0.5, 0.6) is 0 Å². The lowest BCUT2D eigenvalue weighted by molar-refractivity contribution is 1.10. The first-order valence-electron chi connectivity index (χ1n) is 5.44. The van der Waals surface area contributed by atoms with Gasteiger partial charge in [-0.05, 0) is 42.5 Å². The highest BCUT2D eigenvalue weighted by Gasteiger charge is 2.19. The minimum Gasteiger partial charge on any atom is -0.399 e. The summed E-state index contributed by atoms with van der Waals surface area (Å²) in [5.74, 6) is 0. The van der Waals surface area contributed by atoms with Crippen LogP contribution in [0, 0.1) is 6.92 Å². The first-order chi connectivity index (χ1) is 7.50. The Labute approximate surface area is 97.0 Å². The summed E-state index contributed by atoms with van der Waals surface area (Å²) in [5, 5.41) is 0. The first-order valence-corrected chi connectivity index (χ1v) is 5.44. The Bertz CT molecular complexity index is 518. The van der Waals surface area contributed by atoms with Crippen LogP contribution >= 0.6 is 0 Å². The van der Waals surface area contributed by atoms with Crippen LogP contribution < -0.4 is 5.73 Å². The van der Waals surface area contributed by atoms with Crippen LogP contribution in [0.15, 0.2) is 48.2 Å². The van der Waals surface area contributed by atoms with E-state index < -0.39 is 0 Å². The Morgan fingerprint density at radius 2 is 2.00 bits per heavy atom. The van der Waals surface area contributed by atoms with Gasteiger partial charge in [0.25, 0.3) is 0 Å². The zero-order valence-corrected chi connectivity index (χ0v) is 9.93. The largest absolute Gasteiger partial charge is 0.399 e. The lowest BCUT2D eigenvalue weighted by atomic mass is 9.82. The van der Waals surface area contributed by atoms with Gasteiger partial charge in [-0.3, -0.25) is 0 Å². The quantitative estimate of drug-likeness (QED) is 0.757. The number of fused-ring (bicyclic) bond motifs is 1. The highest BCUT2D eigenvalue weighted by atomic mass is 14.6. The van der Waals surface area contributed by atoms with Crippen molar-refractivity contribution in [2.24, 2.45) is 5.73 Å². The number of nitrogens with two attached hydrogens (primary N) is 1. The molecule has 1 heteroatoms. The van der Waals surface area contributed by atoms with Crippen LogP contribution in [0.1, 0.15) is 23.6 Å². The summed E-state index contributed by atoms with van der Waals surface area (Å²) in [4.78, 5) is 0. The fourth-order valence-corrected chi connectivity index (χ4v) is 2.27. The van der Waals surface area contributed by atoms with Gasteiger partial charge in [-0.25, -0.2) is 0 Å². The first kappa shape index (κ1) is 10.7. The molecule has 0 spiro atoms. The highest BCUT2D eigenvalue weighted by Crippen LogP contribution is 2.36. The van der Waals surface area contributed by atoms with Crippen molar-refractivity contribution in [2.45, 2.75) is 20.3 Å². The predicted octanol–water partition coefficient (Wildman–Crippen LogP) is 3.35. The van der Waals surface area contributed by atoms with Gasteiger partial charge in [0.2, 0.25) is 0 Å². The second-order valence-corrected chi connectivity index (χ2v) is 4.47. The summed E-state index contributed by atoms with van der Waals surface area (Å²) in [5.41, 5.74) is 13.7. The summed E-state index contributed by atoms with van der Waals surface area (Å²) in [7, 11) is 0. The molecule has 82 valence electrons. The van der Waals surface area contributed by atoms with Crippen LogP contribution in [-0.4, -0.2) is 0 Å². The molecule has 1 aliphatic carbocycles. The monoisotopic (exact) mass is 211 g/mol. The molecule has 2 N–H and O–H groups in total. The van der Waals surface area contributed by atoms with Gasteiger partial charge in [-0.1, -0.05) is 36.9 Å². The van der Waals surface area contributed by atoms with Crippen molar-refractivity contribution < 1.29 is 0 Å². The third-order valence-corrected chi connectivity index (χ3v) is 3.16. The van der Waals surface area contributed by atoms with Crippen LogP contribution in [-0.2, 0) is 6.42 Å². The molecular weight excluding hydrogens is 194 g/mol. The van der Waals surface area contributed by atoms with Crippen LogP contribution in [0.4, 0.5) is 0 Å². The highest BCUT2D eigenvalue weighted by molar-refractivity contribution is 5.86. The summed E-state index contributed by atoms with van der Waals surface area (Å²) in [6, 6.07) is 6.45. The number of hydrogen-bond donors (Lipinski definition) is 1. The number of allylic oxidation sites excluding steroid dienone is 3. The van der Waals surface area contributed by atoms with Gasteiger partial charge in [0.15, 0.2) is 0 Å². The second kappa shape index (κ2) is 3.67. The van der Waals surface area contributed by atoms with Gasteiger partial charge in [0, 0.05) is 11.3 Å². The molecule has 0 heterocycles. The van der Waals surface area contributed by atoms with Crippen molar-refractivity contribution in [1.29, 1.82) is 0 Å². The van der Waals surface area contributed by atoms with Crippen molar-refractivity contribution in [3.05, 3.63) is 64.9 Å². The van der Waals surface area contributed by atoms with E-state index in [1.54, 1.807) is 0 Å². The van der Waals surface area contributed by atoms with E-state index in [0.29, 0.717) is 5.70 Å². The number of aryl methyl sites for hydroxylation is 1. The normalized spacial score (nSPS) is 15.0. The van der Waals surface area contributed by atoms with E-state index in [9.17, 15) is 0 Å². The average molecular weight is 211 g/mol. The molecule has 0 aliphatic heterocycles. The molecule has 1 aromatic rings. The molecule has 0 bridgehead atoms. The summed E-state index contributed by atoms with van der Waals surface area (Å²) in [6.45, 7) is 12.1. The van der Waals surface area contributed by atoms with Crippen LogP contribution in [0.3, 0.4) is 0 Å². The molecule has 0 saturated heterocycles. The standard InChI is InChI=1S/C15H17N/c1-9-5-6-14-13(7-9)8-10(2)11(3)15(14)12(4)16/h5-7H,2,4,8,16H2,1,3H3. The number of benzene rings is 1. The minimum atomic E-state index is 0.628. The third-order valence-electron chi connectivity index (χ3n) is 3.16. The Kier molecular flexibility index (Phi) is 2.47. The van der Waals surface area contributed by atoms with E-state index in [-0.39, 0.29) is 0 Å². The molecular formula is C15H17N. The van der Waals surface area contributed by atoms with Crippen molar-refractivity contribution in [1.82, 2.24) is 0 Å². The Hall–Kier alpha value is -1.76. The smallest absolute Gasteiger partial charge is 0.0323 e. The van der Waals surface area contributed by atoms with Gasteiger partial charge in [-0.15, -0.1) is 0 Å². The SMILES string of the molecule is C=C(N)C1=C(C)C(=C)Cc2cc(C)ccc21. The molecule has 1 aromatic carbocycles. The molecule has 0 saturated carbocycles. The van der Waals surface area contributed by atoms with E-state index in [1.807, 2.05) is 0 Å². The second-order valence-electron chi connectivity index (χ2n) is 4.47. The van der Waals surface area contributed by atoms with Gasteiger partial charge in [0.1, 0.15) is 0 Å². The van der Waals surface area contributed by atoms with E-state index in [2.05, 4.69) is 45.2 Å². The van der Waals surface area contributed by atoms with Crippen molar-refractivity contribution in [3.8, 4) is 0 Å². The summed E-state index contributed by atoms with van der Waals surface area (Å²) < 4.78 is 0. The fourth-order valence-electron chi connectivity index (χ4n) is 2.27. The molecule has 0 radical (unpaired) electrons. The molecule has 16 heavy (non-hydrogen) atoms. The van der Waals surface area contributed by atoms with Gasteiger partial charge < -0.3 is 5.73 Å². The minimum absolute atomic E-state index is 0.628. The molecule has 1 nitrogen and oxygen atoms in total. The summed E-state index contributed by atoms with van der Waals surface area (Å²) >= 11 is 0. The van der Waals surface area contributed by atoms with Crippen molar-refractivity contribution in [2.75, 3.05) is 0 Å². The maximum absolute atomic E-state index is 5.88. The van der Waals surface area contributed by atoms with Crippen molar-refractivity contribution in [3.63, 3.8) is 0 Å². The Morgan fingerprint density at radius 3 is 2.62 bits per heavy atom. The molecule has 0 fully saturated rings. The van der Waals surface area contributed by atoms with Crippen molar-refractivity contribution >= 4 is 5.57 Å². The van der Waals surface area contributed by atoms with Gasteiger partial charge in [0.05, 0.1) is 0 Å². The molecule has 0 unspecified atom stereocenters. The van der Waals surface area contributed by atoms with Gasteiger partial charge in [-0.2, -0.15) is 0 Å². The maximum atomic E-state index is 5.88. The molecule has 1 aliphatic rings. The third kappa shape index (κ3) is 1.58. The molecule has 0 amide bonds. The van der Waals surface area contributed by atoms with Gasteiger partial charge >= 0.3 is 0 Å². The topological polar surface area (TPSA) is 26.0 Å². The molecule has 2 rings (SSSR count). The fraction of sp³-hybridized carbons (Fsp3) is 0.200. The zero-order valence-electron chi connectivity index (χ0n) is 9.93. The Morgan fingerprint density at radius 1 is 1.31 bits per heavy atom. The predicted molar refractivity (Wildman–Crippen MR) is 69.9 cm³/mol. The zero-order chi connectivity index (χ0) is 11.9. The maximum Gasteiger partial charge on any atom is 0.0323 e. The van der Waals surface area contributed by atoms with E-state index in [1.165, 1.54) is 22.3 Å². The molecule has 0 aromatic heterocycles. The van der Waals surface area contributed by atoms with E-state index in [0.717, 1.165) is 17.6 Å². The number of rotatable bonds is 1. The lowest BCUT2D eigenvalue weighted by Gasteiger charge is -2.24. The summed E-state index contributed by atoms with van der Waals surface area (Å²) in [6.07, 6.45) is 0.916. The van der Waals surface area contributed by atoms with Crippen LogP contribution in [0.25, 0.3) is 5.57 Å². The van der Waals surface area contributed by atoms with E-state index in [4.69, 9.17) is 5.73 Å². The Balaban J connectivity index is 2.71. The lowest BCUT2D eigenvalue weighted by Crippen LogP contribution is -2.11. The number of hydrogen-bond acceptors (Lipinski definition) is 1. The molecule has 0 atom stereocenters. The van der Waals surface area contributed by atoms with Crippen LogP contribution in [0.2, 0.25) is 0 Å². The van der Waals surface area contributed by atoms with E-state index >= 15 is 0 Å².